The fraction of sp³-hybridized carbons (Fsp3) is 0.143. The number of carbonyl (C=O) groups excluding carboxylic acids is 2. The molecule has 0 aromatic heterocycles. The summed E-state index contributed by atoms with van der Waals surface area (Å²) in [5.74, 6) is 2.99. The Balaban J connectivity index is 1.95. The average Bonchev–Trinajstić information content (AvgIpc) is 2.94. The van der Waals surface area contributed by atoms with Crippen LogP contribution in [0, 0.1) is 15.9 Å². The lowest BCUT2D eigenvalue weighted by Crippen LogP contribution is -2.30. The van der Waals surface area contributed by atoms with E-state index in [4.69, 9.17) is 27.5 Å². The Morgan fingerprint density at radius 2 is 2.07 bits per heavy atom. The van der Waals surface area contributed by atoms with Crippen molar-refractivity contribution in [3.63, 3.8) is 0 Å². The van der Waals surface area contributed by atoms with Gasteiger partial charge in [0.1, 0.15) is 12.3 Å². The minimum absolute atomic E-state index is 0.111. The van der Waals surface area contributed by atoms with Crippen LogP contribution >= 0.6 is 34.2 Å². The maximum absolute atomic E-state index is 12.8. The van der Waals surface area contributed by atoms with Crippen molar-refractivity contribution >= 4 is 57.9 Å². The number of hydrogen-bond acceptors (Lipinski definition) is 4. The number of hydrogen-bond donors (Lipinski definition) is 1. The molecule has 0 spiro atoms. The molecule has 0 bridgehead atoms. The minimum Gasteiger partial charge on any atom is -0.490 e. The van der Waals surface area contributed by atoms with Crippen LogP contribution in [0.4, 0.5) is 10.5 Å². The van der Waals surface area contributed by atoms with Crippen molar-refractivity contribution < 1.29 is 19.1 Å². The highest BCUT2D eigenvalue weighted by atomic mass is 127. The Morgan fingerprint density at radius 3 is 2.76 bits per heavy atom. The molecule has 2 aromatic rings. The largest absolute Gasteiger partial charge is 0.490 e. The quantitative estimate of drug-likeness (QED) is 0.263. The molecule has 0 unspecified atom stereocenters. The lowest BCUT2D eigenvalue weighted by Gasteiger charge is -2.13. The van der Waals surface area contributed by atoms with Gasteiger partial charge in [0.2, 0.25) is 0 Å². The molecule has 8 heteroatoms. The normalized spacial score (nSPS) is 14.7. The zero-order valence-corrected chi connectivity index (χ0v) is 18.3. The van der Waals surface area contributed by atoms with E-state index in [1.165, 1.54) is 0 Å². The van der Waals surface area contributed by atoms with Gasteiger partial charge in [0.05, 0.1) is 15.9 Å². The number of benzene rings is 2. The summed E-state index contributed by atoms with van der Waals surface area (Å²) in [5.41, 5.74) is 1.21. The van der Waals surface area contributed by atoms with E-state index in [1.54, 1.807) is 36.4 Å². The second kappa shape index (κ2) is 9.20. The summed E-state index contributed by atoms with van der Waals surface area (Å²) in [4.78, 5) is 26.2. The minimum atomic E-state index is -0.544. The van der Waals surface area contributed by atoms with Crippen molar-refractivity contribution in [2.75, 3.05) is 18.1 Å². The fourth-order valence-electron chi connectivity index (χ4n) is 2.74. The van der Waals surface area contributed by atoms with Crippen LogP contribution in [-0.4, -0.2) is 25.2 Å². The van der Waals surface area contributed by atoms with Crippen molar-refractivity contribution in [2.24, 2.45) is 0 Å². The molecular formula is C21H16ClIN2O4. The molecule has 1 fully saturated rings. The molecule has 1 heterocycles. The van der Waals surface area contributed by atoms with E-state index in [0.29, 0.717) is 34.4 Å². The average molecular weight is 523 g/mol. The Kier molecular flexibility index (Phi) is 6.67. The number of halogens is 2. The molecule has 29 heavy (non-hydrogen) atoms. The summed E-state index contributed by atoms with van der Waals surface area (Å²) >= 11 is 8.08. The monoisotopic (exact) mass is 522 g/mol. The Hall–Kier alpha value is -2.70. The second-order valence-corrected chi connectivity index (χ2v) is 7.46. The van der Waals surface area contributed by atoms with Gasteiger partial charge in [-0.05, 0) is 71.5 Å². The van der Waals surface area contributed by atoms with Crippen molar-refractivity contribution in [1.29, 1.82) is 0 Å². The molecule has 3 rings (SSSR count). The van der Waals surface area contributed by atoms with Gasteiger partial charge in [0.25, 0.3) is 5.91 Å². The van der Waals surface area contributed by atoms with Crippen LogP contribution < -0.4 is 19.7 Å². The van der Waals surface area contributed by atoms with E-state index in [9.17, 15) is 9.59 Å². The molecule has 0 radical (unpaired) electrons. The van der Waals surface area contributed by atoms with Crippen molar-refractivity contribution in [3.05, 3.63) is 56.3 Å². The van der Waals surface area contributed by atoms with E-state index in [1.807, 2.05) is 13.0 Å². The van der Waals surface area contributed by atoms with Gasteiger partial charge in [-0.25, -0.2) is 9.69 Å². The van der Waals surface area contributed by atoms with Crippen LogP contribution in [0.1, 0.15) is 12.5 Å². The summed E-state index contributed by atoms with van der Waals surface area (Å²) in [6.45, 7) is 2.40. The molecule has 6 nitrogen and oxygen atoms in total. The first-order valence-electron chi connectivity index (χ1n) is 8.60. The van der Waals surface area contributed by atoms with Crippen LogP contribution in [0.25, 0.3) is 6.08 Å². The van der Waals surface area contributed by atoms with E-state index < -0.39 is 11.9 Å². The summed E-state index contributed by atoms with van der Waals surface area (Å²) in [7, 11) is 0. The second-order valence-electron chi connectivity index (χ2n) is 5.86. The summed E-state index contributed by atoms with van der Waals surface area (Å²) in [5, 5.41) is 3.02. The SMILES string of the molecule is C#CCOc1c(I)cc(/C=C2/NC(=O)N(c3cccc(Cl)c3)C2=O)cc1OCC. The van der Waals surface area contributed by atoms with Crippen molar-refractivity contribution in [3.8, 4) is 23.8 Å². The smallest absolute Gasteiger partial charge is 0.333 e. The highest BCUT2D eigenvalue weighted by Crippen LogP contribution is 2.35. The third-order valence-corrected chi connectivity index (χ3v) is 4.92. The first-order chi connectivity index (χ1) is 13.9. The van der Waals surface area contributed by atoms with Crippen LogP contribution in [0.2, 0.25) is 5.02 Å². The van der Waals surface area contributed by atoms with E-state index in [0.717, 1.165) is 8.47 Å². The Morgan fingerprint density at radius 1 is 1.28 bits per heavy atom. The molecule has 148 valence electrons. The lowest BCUT2D eigenvalue weighted by molar-refractivity contribution is -0.113. The molecule has 0 saturated carbocycles. The molecule has 1 saturated heterocycles. The fourth-order valence-corrected chi connectivity index (χ4v) is 3.71. The van der Waals surface area contributed by atoms with Crippen molar-refractivity contribution in [1.82, 2.24) is 5.32 Å². The molecule has 0 atom stereocenters. The number of nitrogens with one attached hydrogen (secondary N) is 1. The summed E-state index contributed by atoms with van der Waals surface area (Å²) in [6, 6.07) is 9.52. The number of terminal acetylenes is 1. The van der Waals surface area contributed by atoms with Crippen molar-refractivity contribution in [2.45, 2.75) is 6.92 Å². The zero-order valence-electron chi connectivity index (χ0n) is 15.4. The topological polar surface area (TPSA) is 67.9 Å². The first-order valence-corrected chi connectivity index (χ1v) is 10.1. The highest BCUT2D eigenvalue weighted by Gasteiger charge is 2.35. The van der Waals surface area contributed by atoms with Gasteiger partial charge in [0.15, 0.2) is 11.5 Å². The number of anilines is 1. The lowest BCUT2D eigenvalue weighted by atomic mass is 10.1. The van der Waals surface area contributed by atoms with Gasteiger partial charge in [-0.3, -0.25) is 4.79 Å². The predicted octanol–water partition coefficient (Wildman–Crippen LogP) is 4.45. The maximum Gasteiger partial charge on any atom is 0.333 e. The number of ether oxygens (including phenoxy) is 2. The van der Waals surface area contributed by atoms with Crippen LogP contribution in [-0.2, 0) is 4.79 Å². The van der Waals surface area contributed by atoms with Crippen LogP contribution in [0.15, 0.2) is 42.1 Å². The number of imide groups is 1. The zero-order chi connectivity index (χ0) is 21.0. The first kappa shape index (κ1) is 21.0. The van der Waals surface area contributed by atoms with Gasteiger partial charge in [-0.2, -0.15) is 0 Å². The molecule has 1 N–H and O–H groups in total. The van der Waals surface area contributed by atoms with Crippen LogP contribution in [0.5, 0.6) is 11.5 Å². The van der Waals surface area contributed by atoms with E-state index >= 15 is 0 Å². The number of rotatable bonds is 6. The molecule has 1 aliphatic heterocycles. The van der Waals surface area contributed by atoms with Crippen LogP contribution in [0.3, 0.4) is 0 Å². The van der Waals surface area contributed by atoms with E-state index in [2.05, 4.69) is 33.8 Å². The predicted molar refractivity (Wildman–Crippen MR) is 120 cm³/mol. The van der Waals surface area contributed by atoms with Gasteiger partial charge in [-0.1, -0.05) is 23.6 Å². The standard InChI is InChI=1S/C21H16ClIN2O4/c1-3-8-29-19-16(23)9-13(11-18(19)28-4-2)10-17-20(26)25(21(27)24-17)15-7-5-6-14(22)12-15/h1,5-7,9-12H,4,8H2,2H3,(H,24,27)/b17-10+. The van der Waals surface area contributed by atoms with Gasteiger partial charge >= 0.3 is 6.03 Å². The number of carbonyl (C=O) groups is 2. The Labute approximate surface area is 187 Å². The molecule has 3 amide bonds. The molecule has 0 aliphatic carbocycles. The summed E-state index contributed by atoms with van der Waals surface area (Å²) < 4.78 is 12.0. The molecule has 2 aromatic carbocycles. The Bertz CT molecular complexity index is 1050. The number of nitrogens with zero attached hydrogens (tertiary/aromatic N) is 1. The number of urea groups is 1. The molecule has 1 aliphatic rings. The summed E-state index contributed by atoms with van der Waals surface area (Å²) in [6.07, 6.45) is 6.85. The van der Waals surface area contributed by atoms with Gasteiger partial charge in [0, 0.05) is 5.02 Å². The third kappa shape index (κ3) is 4.66. The van der Waals surface area contributed by atoms with Gasteiger partial charge < -0.3 is 14.8 Å². The third-order valence-electron chi connectivity index (χ3n) is 3.89. The number of amides is 3. The van der Waals surface area contributed by atoms with Gasteiger partial charge in [-0.15, -0.1) is 6.42 Å². The van der Waals surface area contributed by atoms with E-state index in [-0.39, 0.29) is 12.3 Å². The molecular weight excluding hydrogens is 507 g/mol. The maximum atomic E-state index is 12.8. The highest BCUT2D eigenvalue weighted by molar-refractivity contribution is 14.1.